The molecule has 2 rings (SSSR count). The Morgan fingerprint density at radius 2 is 1.96 bits per heavy atom. The molecule has 1 atom stereocenters. The molecule has 26 heavy (non-hydrogen) atoms. The predicted molar refractivity (Wildman–Crippen MR) is 87.0 cm³/mol. The number of hydrogen-bond donors (Lipinski definition) is 2. The van der Waals surface area contributed by atoms with Crippen molar-refractivity contribution in [2.24, 2.45) is 0 Å². The zero-order valence-electron chi connectivity index (χ0n) is 13.9. The minimum absolute atomic E-state index is 0.160. The van der Waals surface area contributed by atoms with Gasteiger partial charge in [0.25, 0.3) is 5.91 Å². The first-order valence-electron chi connectivity index (χ1n) is 7.36. The van der Waals surface area contributed by atoms with E-state index in [0.717, 1.165) is 24.3 Å². The van der Waals surface area contributed by atoms with Crippen molar-refractivity contribution in [3.63, 3.8) is 0 Å². The van der Waals surface area contributed by atoms with E-state index in [1.54, 1.807) is 6.92 Å². The van der Waals surface area contributed by atoms with Crippen LogP contribution in [-0.2, 0) is 24.3 Å². The number of halogens is 1. The Balaban J connectivity index is 1.85. The van der Waals surface area contributed by atoms with Gasteiger partial charge in [0, 0.05) is 6.07 Å². The molecule has 0 radical (unpaired) electrons. The standard InChI is InChI=1S/C15H16FN3O6S/c1-9-7-13(19-25-9)18-15(21)10(2)24-14(20)8-17-26(22,23)12-5-3-11(16)4-6-12/h3-7,10,17H,8H2,1-2H3,(H,18,19,21)/t10-/m0/s1. The third-order valence-corrected chi connectivity index (χ3v) is 4.50. The normalized spacial score (nSPS) is 12.4. The number of amides is 1. The Hall–Kier alpha value is -2.79. The molecule has 0 fully saturated rings. The lowest BCUT2D eigenvalue weighted by atomic mass is 10.3. The lowest BCUT2D eigenvalue weighted by Crippen LogP contribution is -2.35. The molecule has 0 spiro atoms. The minimum Gasteiger partial charge on any atom is -0.452 e. The van der Waals surface area contributed by atoms with Crippen molar-refractivity contribution < 1.29 is 31.7 Å². The van der Waals surface area contributed by atoms with E-state index in [9.17, 15) is 22.4 Å². The first-order valence-corrected chi connectivity index (χ1v) is 8.84. The van der Waals surface area contributed by atoms with Crippen LogP contribution in [-0.4, -0.2) is 38.1 Å². The highest BCUT2D eigenvalue weighted by Crippen LogP contribution is 2.10. The third kappa shape index (κ3) is 5.36. The van der Waals surface area contributed by atoms with Crippen molar-refractivity contribution in [1.82, 2.24) is 9.88 Å². The smallest absolute Gasteiger partial charge is 0.321 e. The Labute approximate surface area is 148 Å². The van der Waals surface area contributed by atoms with Gasteiger partial charge in [-0.25, -0.2) is 12.8 Å². The number of esters is 1. The molecule has 0 saturated heterocycles. The predicted octanol–water partition coefficient (Wildman–Crippen LogP) is 0.971. The second-order valence-corrected chi connectivity index (χ2v) is 6.99. The highest BCUT2D eigenvalue weighted by atomic mass is 32.2. The summed E-state index contributed by atoms with van der Waals surface area (Å²) in [5.74, 6) is -1.57. The topological polar surface area (TPSA) is 128 Å². The SMILES string of the molecule is Cc1cc(NC(=O)[C@H](C)OC(=O)CNS(=O)(=O)c2ccc(F)cc2)no1. The van der Waals surface area contributed by atoms with Gasteiger partial charge >= 0.3 is 5.97 Å². The van der Waals surface area contributed by atoms with Crippen LogP contribution in [0.25, 0.3) is 0 Å². The molecule has 2 N–H and O–H groups in total. The van der Waals surface area contributed by atoms with Crippen molar-refractivity contribution in [1.29, 1.82) is 0 Å². The number of ether oxygens (including phenoxy) is 1. The molecular formula is C15H16FN3O6S. The molecular weight excluding hydrogens is 369 g/mol. The van der Waals surface area contributed by atoms with E-state index in [4.69, 9.17) is 9.26 Å². The van der Waals surface area contributed by atoms with Crippen LogP contribution in [0.5, 0.6) is 0 Å². The summed E-state index contributed by atoms with van der Waals surface area (Å²) in [6.07, 6.45) is -1.19. The van der Waals surface area contributed by atoms with Gasteiger partial charge in [0.1, 0.15) is 18.1 Å². The van der Waals surface area contributed by atoms with Crippen molar-refractivity contribution in [3.05, 3.63) is 41.9 Å². The zero-order chi connectivity index (χ0) is 19.3. The molecule has 1 amide bonds. The molecule has 2 aromatic rings. The highest BCUT2D eigenvalue weighted by molar-refractivity contribution is 7.89. The number of carbonyl (C=O) groups excluding carboxylic acids is 2. The van der Waals surface area contributed by atoms with Gasteiger partial charge in [-0.3, -0.25) is 9.59 Å². The zero-order valence-corrected chi connectivity index (χ0v) is 14.7. The van der Waals surface area contributed by atoms with Crippen molar-refractivity contribution in [3.8, 4) is 0 Å². The Bertz CT molecular complexity index is 894. The van der Waals surface area contributed by atoms with Gasteiger partial charge in [0.15, 0.2) is 11.9 Å². The van der Waals surface area contributed by atoms with E-state index in [2.05, 4.69) is 10.5 Å². The van der Waals surface area contributed by atoms with Crippen LogP contribution in [0.2, 0.25) is 0 Å². The molecule has 1 heterocycles. The lowest BCUT2D eigenvalue weighted by Gasteiger charge is -2.12. The molecule has 0 bridgehead atoms. The van der Waals surface area contributed by atoms with E-state index >= 15 is 0 Å². The van der Waals surface area contributed by atoms with Gasteiger partial charge in [-0.1, -0.05) is 5.16 Å². The maximum atomic E-state index is 12.8. The summed E-state index contributed by atoms with van der Waals surface area (Å²) in [7, 11) is -4.01. The van der Waals surface area contributed by atoms with Gasteiger partial charge in [-0.05, 0) is 38.1 Å². The van der Waals surface area contributed by atoms with Crippen molar-refractivity contribution in [2.75, 3.05) is 11.9 Å². The molecule has 0 aliphatic carbocycles. The third-order valence-electron chi connectivity index (χ3n) is 3.09. The summed E-state index contributed by atoms with van der Waals surface area (Å²) >= 11 is 0. The number of anilines is 1. The second-order valence-electron chi connectivity index (χ2n) is 5.22. The number of aryl methyl sites for hydroxylation is 1. The Morgan fingerprint density at radius 3 is 2.54 bits per heavy atom. The molecule has 9 nitrogen and oxygen atoms in total. The molecule has 11 heteroatoms. The van der Waals surface area contributed by atoms with Crippen LogP contribution in [0.1, 0.15) is 12.7 Å². The van der Waals surface area contributed by atoms with Crippen LogP contribution >= 0.6 is 0 Å². The Kier molecular flexibility index (Phi) is 6.05. The molecule has 0 aliphatic rings. The van der Waals surface area contributed by atoms with E-state index in [1.807, 2.05) is 4.72 Å². The van der Waals surface area contributed by atoms with E-state index in [-0.39, 0.29) is 10.7 Å². The van der Waals surface area contributed by atoms with Gasteiger partial charge in [-0.15, -0.1) is 0 Å². The number of nitrogens with one attached hydrogen (secondary N) is 2. The number of carbonyl (C=O) groups is 2. The first-order chi connectivity index (χ1) is 12.2. The second kappa shape index (κ2) is 8.06. The monoisotopic (exact) mass is 385 g/mol. The molecule has 0 unspecified atom stereocenters. The molecule has 1 aromatic heterocycles. The van der Waals surface area contributed by atoms with Crippen LogP contribution in [0, 0.1) is 12.7 Å². The lowest BCUT2D eigenvalue weighted by molar-refractivity contribution is -0.151. The molecule has 140 valence electrons. The van der Waals surface area contributed by atoms with Gasteiger partial charge < -0.3 is 14.6 Å². The number of hydrogen-bond acceptors (Lipinski definition) is 7. The maximum absolute atomic E-state index is 12.8. The van der Waals surface area contributed by atoms with Crippen LogP contribution in [0.4, 0.5) is 10.2 Å². The fourth-order valence-corrected chi connectivity index (χ4v) is 2.77. The van der Waals surface area contributed by atoms with Crippen molar-refractivity contribution in [2.45, 2.75) is 24.8 Å². The average Bonchev–Trinajstić information content (AvgIpc) is 2.98. The van der Waals surface area contributed by atoms with Gasteiger partial charge in [0.05, 0.1) is 4.90 Å². The van der Waals surface area contributed by atoms with E-state index < -0.39 is 40.4 Å². The minimum atomic E-state index is -4.01. The largest absolute Gasteiger partial charge is 0.452 e. The average molecular weight is 385 g/mol. The quantitative estimate of drug-likeness (QED) is 0.680. The highest BCUT2D eigenvalue weighted by Gasteiger charge is 2.21. The van der Waals surface area contributed by atoms with Gasteiger partial charge in [-0.2, -0.15) is 4.72 Å². The molecule has 1 aromatic carbocycles. The number of rotatable bonds is 7. The summed E-state index contributed by atoms with van der Waals surface area (Å²) in [5, 5.41) is 5.94. The molecule has 0 saturated carbocycles. The summed E-state index contributed by atoms with van der Waals surface area (Å²) in [6, 6.07) is 5.54. The fourth-order valence-electron chi connectivity index (χ4n) is 1.80. The van der Waals surface area contributed by atoms with Crippen LogP contribution < -0.4 is 10.0 Å². The van der Waals surface area contributed by atoms with Crippen LogP contribution in [0.15, 0.2) is 39.8 Å². The number of benzene rings is 1. The Morgan fingerprint density at radius 1 is 1.31 bits per heavy atom. The maximum Gasteiger partial charge on any atom is 0.321 e. The number of sulfonamides is 1. The summed E-state index contributed by atoms with van der Waals surface area (Å²) in [4.78, 5) is 23.4. The first kappa shape index (κ1) is 19.5. The number of nitrogens with zero attached hydrogens (tertiary/aromatic N) is 1. The van der Waals surface area contributed by atoms with E-state index in [0.29, 0.717) is 5.76 Å². The summed E-state index contributed by atoms with van der Waals surface area (Å²) in [5.41, 5.74) is 0. The van der Waals surface area contributed by atoms with Crippen molar-refractivity contribution >= 4 is 27.7 Å². The summed E-state index contributed by atoms with van der Waals surface area (Å²) < 4.78 is 48.4. The van der Waals surface area contributed by atoms with Crippen LogP contribution in [0.3, 0.4) is 0 Å². The molecule has 0 aliphatic heterocycles. The van der Waals surface area contributed by atoms with Gasteiger partial charge in [0.2, 0.25) is 10.0 Å². The fraction of sp³-hybridized carbons (Fsp3) is 0.267. The summed E-state index contributed by atoms with van der Waals surface area (Å²) in [6.45, 7) is 2.26. The number of aromatic nitrogens is 1. The van der Waals surface area contributed by atoms with E-state index in [1.165, 1.54) is 13.0 Å².